The average molecular weight is 470 g/mol. The zero-order chi connectivity index (χ0) is 22.3. The van der Waals surface area contributed by atoms with Crippen LogP contribution < -0.4 is 10.6 Å². The van der Waals surface area contributed by atoms with E-state index in [1.165, 1.54) is 12.1 Å². The van der Waals surface area contributed by atoms with Gasteiger partial charge < -0.3 is 20.6 Å². The summed E-state index contributed by atoms with van der Waals surface area (Å²) in [5.74, 6) is 0.417. The minimum atomic E-state index is -3.80. The number of phenolic OH excluding ortho intramolecular Hbond substituents is 1. The number of hydrogen-bond donors (Lipinski definition) is 3. The van der Waals surface area contributed by atoms with Gasteiger partial charge in [-0.3, -0.25) is 0 Å². The van der Waals surface area contributed by atoms with Gasteiger partial charge >= 0.3 is 6.03 Å². The molecule has 0 bridgehead atoms. The lowest BCUT2D eigenvalue weighted by atomic mass is 9.91. The molecule has 3 fully saturated rings. The monoisotopic (exact) mass is 469 g/mol. The predicted octanol–water partition coefficient (Wildman–Crippen LogP) is 4.00. The van der Waals surface area contributed by atoms with Crippen molar-refractivity contribution in [3.8, 4) is 5.75 Å². The van der Waals surface area contributed by atoms with E-state index < -0.39 is 26.9 Å². The zero-order valence-electron chi connectivity index (χ0n) is 18.1. The Bertz CT molecular complexity index is 942. The molecule has 1 saturated heterocycles. The standard InChI is InChI=1S/C22H32ClN3O4S/c1-13-5-7-18(14(13)2)24-22(28)25-19-8-6-17(23)21(20(19)27)31(29,30)16-11-15(12-16)26-9-3-4-10-26/h6,8,13-16,18,27H,3-5,7,9-12H2,1-2H3,(H2,24,25,28)/t13?,14?,15-,16-,18-/m1/s1. The summed E-state index contributed by atoms with van der Waals surface area (Å²) in [6.45, 7) is 6.33. The molecule has 3 N–H and O–H groups in total. The Morgan fingerprint density at radius 3 is 2.45 bits per heavy atom. The van der Waals surface area contributed by atoms with Gasteiger partial charge in [0.2, 0.25) is 0 Å². The van der Waals surface area contributed by atoms with E-state index in [2.05, 4.69) is 29.4 Å². The summed E-state index contributed by atoms with van der Waals surface area (Å²) >= 11 is 6.21. The average Bonchev–Trinajstić information content (AvgIpc) is 3.29. The Morgan fingerprint density at radius 1 is 1.16 bits per heavy atom. The van der Waals surface area contributed by atoms with Crippen LogP contribution in [-0.2, 0) is 9.84 Å². The summed E-state index contributed by atoms with van der Waals surface area (Å²) in [5, 5.41) is 15.7. The summed E-state index contributed by atoms with van der Waals surface area (Å²) in [7, 11) is -3.80. The number of anilines is 1. The van der Waals surface area contributed by atoms with E-state index in [0.29, 0.717) is 24.7 Å². The van der Waals surface area contributed by atoms with Crippen LogP contribution >= 0.6 is 11.6 Å². The SMILES string of the molecule is CC1CC[C@@H](NC(=O)Nc2ccc(Cl)c(S(=O)(=O)[C@H]3C[C@H](N4CCCC4)C3)c2O)C1C. The van der Waals surface area contributed by atoms with Crippen LogP contribution in [0.3, 0.4) is 0 Å². The number of sulfone groups is 1. The van der Waals surface area contributed by atoms with E-state index in [4.69, 9.17) is 11.6 Å². The lowest BCUT2D eigenvalue weighted by Crippen LogP contribution is -2.48. The van der Waals surface area contributed by atoms with Crippen LogP contribution in [0, 0.1) is 11.8 Å². The summed E-state index contributed by atoms with van der Waals surface area (Å²) in [6, 6.07) is 2.74. The summed E-state index contributed by atoms with van der Waals surface area (Å²) in [4.78, 5) is 14.6. The summed E-state index contributed by atoms with van der Waals surface area (Å²) in [6.07, 6.45) is 5.38. The van der Waals surface area contributed by atoms with Crippen LogP contribution in [0.4, 0.5) is 10.5 Å². The van der Waals surface area contributed by atoms with E-state index in [1.807, 2.05) is 0 Å². The molecular formula is C22H32ClN3O4S. The molecule has 2 unspecified atom stereocenters. The van der Waals surface area contributed by atoms with Crippen LogP contribution in [0.5, 0.6) is 5.75 Å². The van der Waals surface area contributed by atoms with Gasteiger partial charge in [0, 0.05) is 12.1 Å². The van der Waals surface area contributed by atoms with Gasteiger partial charge in [-0.05, 0) is 75.6 Å². The topological polar surface area (TPSA) is 98.7 Å². The molecule has 4 rings (SSSR count). The van der Waals surface area contributed by atoms with E-state index in [-0.39, 0.29) is 27.7 Å². The first-order valence-corrected chi connectivity index (χ1v) is 13.2. The van der Waals surface area contributed by atoms with E-state index in [0.717, 1.165) is 38.8 Å². The van der Waals surface area contributed by atoms with E-state index >= 15 is 0 Å². The quantitative estimate of drug-likeness (QED) is 0.566. The smallest absolute Gasteiger partial charge is 0.319 e. The summed E-state index contributed by atoms with van der Waals surface area (Å²) in [5.41, 5.74) is 0.0505. The number of urea groups is 1. The number of phenols is 1. The Balaban J connectivity index is 1.46. The molecule has 2 amide bonds. The van der Waals surface area contributed by atoms with Gasteiger partial charge in [0.05, 0.1) is 16.0 Å². The molecule has 3 atom stereocenters. The zero-order valence-corrected chi connectivity index (χ0v) is 19.7. The fraction of sp³-hybridized carbons (Fsp3) is 0.682. The van der Waals surface area contributed by atoms with Crippen molar-refractivity contribution in [2.45, 2.75) is 74.6 Å². The molecule has 31 heavy (non-hydrogen) atoms. The van der Waals surface area contributed by atoms with Crippen molar-refractivity contribution >= 4 is 33.2 Å². The van der Waals surface area contributed by atoms with Gasteiger partial charge in [-0.15, -0.1) is 0 Å². The molecular weight excluding hydrogens is 438 g/mol. The van der Waals surface area contributed by atoms with Gasteiger partial charge in [-0.2, -0.15) is 0 Å². The van der Waals surface area contributed by atoms with E-state index in [9.17, 15) is 18.3 Å². The van der Waals surface area contributed by atoms with Crippen molar-refractivity contribution < 1.29 is 18.3 Å². The van der Waals surface area contributed by atoms with Crippen LogP contribution in [0.1, 0.15) is 52.4 Å². The molecule has 1 aliphatic heterocycles. The molecule has 2 aliphatic carbocycles. The molecule has 172 valence electrons. The van der Waals surface area contributed by atoms with Crippen molar-refractivity contribution in [1.82, 2.24) is 10.2 Å². The fourth-order valence-electron chi connectivity index (χ4n) is 5.18. The van der Waals surface area contributed by atoms with Gasteiger partial charge in [-0.25, -0.2) is 13.2 Å². The van der Waals surface area contributed by atoms with Crippen molar-refractivity contribution in [1.29, 1.82) is 0 Å². The predicted molar refractivity (Wildman–Crippen MR) is 121 cm³/mol. The van der Waals surface area contributed by atoms with Crippen LogP contribution in [-0.4, -0.2) is 54.9 Å². The Morgan fingerprint density at radius 2 is 1.84 bits per heavy atom. The number of amides is 2. The first kappa shape index (κ1) is 22.7. The Hall–Kier alpha value is -1.51. The third-order valence-corrected chi connectivity index (χ3v) is 10.2. The third kappa shape index (κ3) is 4.39. The normalized spacial score (nSPS) is 31.4. The van der Waals surface area contributed by atoms with Gasteiger partial charge in [0.15, 0.2) is 15.6 Å². The van der Waals surface area contributed by atoms with Crippen molar-refractivity contribution in [3.05, 3.63) is 17.2 Å². The molecule has 0 aromatic heterocycles. The maximum Gasteiger partial charge on any atom is 0.319 e. The summed E-state index contributed by atoms with van der Waals surface area (Å²) < 4.78 is 26.4. The number of nitrogens with one attached hydrogen (secondary N) is 2. The minimum Gasteiger partial charge on any atom is -0.504 e. The molecule has 0 spiro atoms. The van der Waals surface area contributed by atoms with Gasteiger partial charge in [0.25, 0.3) is 0 Å². The van der Waals surface area contributed by atoms with Crippen LogP contribution in [0.2, 0.25) is 5.02 Å². The first-order valence-electron chi connectivity index (χ1n) is 11.3. The number of hydrogen-bond acceptors (Lipinski definition) is 5. The molecule has 1 heterocycles. The first-order chi connectivity index (χ1) is 14.7. The highest BCUT2D eigenvalue weighted by Crippen LogP contribution is 2.43. The third-order valence-electron chi connectivity index (χ3n) is 7.56. The number of rotatable bonds is 5. The maximum atomic E-state index is 13.2. The molecule has 9 heteroatoms. The van der Waals surface area contributed by atoms with Gasteiger partial charge in [-0.1, -0.05) is 25.4 Å². The second-order valence-electron chi connectivity index (χ2n) is 9.43. The highest BCUT2D eigenvalue weighted by atomic mass is 35.5. The van der Waals surface area contributed by atoms with Crippen molar-refractivity contribution in [2.75, 3.05) is 18.4 Å². The molecule has 0 radical (unpaired) electrons. The highest BCUT2D eigenvalue weighted by Gasteiger charge is 2.44. The number of carbonyl (C=O) groups excluding carboxylic acids is 1. The Labute approximate surface area is 189 Å². The molecule has 1 aromatic carbocycles. The second kappa shape index (κ2) is 8.79. The molecule has 3 aliphatic rings. The molecule has 2 saturated carbocycles. The largest absolute Gasteiger partial charge is 0.504 e. The lowest BCUT2D eigenvalue weighted by molar-refractivity contribution is 0.161. The second-order valence-corrected chi connectivity index (χ2v) is 12.0. The number of aromatic hydroxyl groups is 1. The molecule has 1 aromatic rings. The number of carbonyl (C=O) groups is 1. The fourth-order valence-corrected chi connectivity index (χ4v) is 7.65. The van der Waals surface area contributed by atoms with Crippen LogP contribution in [0.25, 0.3) is 0 Å². The van der Waals surface area contributed by atoms with Gasteiger partial charge in [0.1, 0.15) is 4.90 Å². The Kier molecular flexibility index (Phi) is 6.43. The van der Waals surface area contributed by atoms with Crippen molar-refractivity contribution in [3.63, 3.8) is 0 Å². The van der Waals surface area contributed by atoms with E-state index in [1.54, 1.807) is 0 Å². The number of nitrogens with zero attached hydrogens (tertiary/aromatic N) is 1. The molecule has 7 nitrogen and oxygen atoms in total. The van der Waals surface area contributed by atoms with Crippen LogP contribution in [0.15, 0.2) is 17.0 Å². The number of likely N-dealkylation sites (tertiary alicyclic amines) is 1. The lowest BCUT2D eigenvalue weighted by Gasteiger charge is -2.40. The number of benzene rings is 1. The maximum absolute atomic E-state index is 13.2. The minimum absolute atomic E-state index is 0.0219. The van der Waals surface area contributed by atoms with Crippen molar-refractivity contribution in [2.24, 2.45) is 11.8 Å². The number of halogens is 1. The highest BCUT2D eigenvalue weighted by molar-refractivity contribution is 7.92.